The van der Waals surface area contributed by atoms with Gasteiger partial charge in [0, 0.05) is 11.7 Å². The van der Waals surface area contributed by atoms with Gasteiger partial charge < -0.3 is 15.5 Å². The van der Waals surface area contributed by atoms with Crippen LogP contribution < -0.4 is 11.1 Å². The van der Waals surface area contributed by atoms with Crippen molar-refractivity contribution in [3.63, 3.8) is 0 Å². The Morgan fingerprint density at radius 3 is 2.71 bits per heavy atom. The Morgan fingerprint density at radius 1 is 1.29 bits per heavy atom. The third-order valence-corrected chi connectivity index (χ3v) is 5.18. The summed E-state index contributed by atoms with van der Waals surface area (Å²) in [5.41, 5.74) is 6.62. The van der Waals surface area contributed by atoms with Crippen LogP contribution in [0.1, 0.15) is 25.2 Å². The van der Waals surface area contributed by atoms with Gasteiger partial charge in [-0.3, -0.25) is 4.79 Å². The Labute approximate surface area is 135 Å². The van der Waals surface area contributed by atoms with E-state index in [4.69, 9.17) is 5.73 Å². The second-order valence-corrected chi connectivity index (χ2v) is 6.62. The first-order chi connectivity index (χ1) is 11.3. The van der Waals surface area contributed by atoms with Gasteiger partial charge >= 0.3 is 12.1 Å². The van der Waals surface area contributed by atoms with E-state index in [1.165, 1.54) is 18.2 Å². The first-order valence-corrected chi connectivity index (χ1v) is 7.87. The summed E-state index contributed by atoms with van der Waals surface area (Å²) >= 11 is 0. The number of amides is 1. The molecule has 2 saturated carbocycles. The molecule has 24 heavy (non-hydrogen) atoms. The number of nitrogens with two attached hydrogens (primary N) is 1. The second kappa shape index (κ2) is 5.20. The van der Waals surface area contributed by atoms with Crippen molar-refractivity contribution in [3.05, 3.63) is 24.1 Å². The summed E-state index contributed by atoms with van der Waals surface area (Å²) in [6, 6.07) is 4.11. The maximum absolute atomic E-state index is 12.6. The number of halogens is 3. The monoisotopic (exact) mass is 339 g/mol. The number of fused-ring (bicyclic) bond motifs is 3. The summed E-state index contributed by atoms with van der Waals surface area (Å²) < 4.78 is 42.6. The topological polar surface area (TPSA) is 81.2 Å². The maximum Gasteiger partial charge on any atom is 0.468 e. The van der Waals surface area contributed by atoms with Crippen molar-refractivity contribution in [1.82, 2.24) is 4.98 Å². The van der Waals surface area contributed by atoms with Crippen LogP contribution in [0.3, 0.4) is 0 Å². The molecule has 0 aliphatic heterocycles. The first kappa shape index (κ1) is 15.4. The third kappa shape index (κ3) is 2.45. The summed E-state index contributed by atoms with van der Waals surface area (Å²) in [7, 11) is 0. The molecule has 1 heterocycles. The molecule has 2 fully saturated rings. The summed E-state index contributed by atoms with van der Waals surface area (Å²) in [4.78, 5) is 15.9. The van der Waals surface area contributed by atoms with E-state index < -0.39 is 12.1 Å². The first-order valence-electron chi connectivity index (χ1n) is 7.87. The molecule has 3 N–H and O–H groups in total. The van der Waals surface area contributed by atoms with E-state index in [0.717, 1.165) is 19.3 Å². The average Bonchev–Trinajstić information content (AvgIpc) is 3.18. The summed E-state index contributed by atoms with van der Waals surface area (Å²) in [6.07, 6.45) is -1.58. The number of aromatic nitrogens is 1. The molecule has 1 aromatic heterocycles. The highest BCUT2D eigenvalue weighted by Crippen LogP contribution is 2.48. The van der Waals surface area contributed by atoms with Gasteiger partial charge in [0.25, 0.3) is 0 Å². The zero-order valence-corrected chi connectivity index (χ0v) is 12.6. The molecular weight excluding hydrogens is 323 g/mol. The molecule has 2 aliphatic rings. The molecular formula is C16H16F3N3O2. The third-order valence-electron chi connectivity index (χ3n) is 5.18. The highest BCUT2D eigenvalue weighted by molar-refractivity contribution is 5.95. The van der Waals surface area contributed by atoms with E-state index in [0.29, 0.717) is 17.5 Å². The number of hydrogen-bond acceptors (Lipinski definition) is 4. The number of anilines is 1. The van der Waals surface area contributed by atoms with Crippen molar-refractivity contribution < 1.29 is 22.4 Å². The molecule has 4 atom stereocenters. The smallest absolute Gasteiger partial charge is 0.433 e. The maximum atomic E-state index is 12.6. The largest absolute Gasteiger partial charge is 0.468 e. The minimum Gasteiger partial charge on any atom is -0.433 e. The summed E-state index contributed by atoms with van der Waals surface area (Å²) in [6.45, 7) is 0. The highest BCUT2D eigenvalue weighted by Gasteiger charge is 2.49. The lowest BCUT2D eigenvalue weighted by Crippen LogP contribution is -2.42. The zero-order chi connectivity index (χ0) is 17.1. The fraction of sp³-hybridized carbons (Fsp3) is 0.500. The van der Waals surface area contributed by atoms with Gasteiger partial charge in [-0.2, -0.15) is 13.2 Å². The Bertz CT molecular complexity index is 799. The van der Waals surface area contributed by atoms with Crippen LogP contribution in [0.5, 0.6) is 0 Å². The molecule has 5 nitrogen and oxygen atoms in total. The van der Waals surface area contributed by atoms with Gasteiger partial charge in [0.15, 0.2) is 5.58 Å². The van der Waals surface area contributed by atoms with E-state index in [-0.39, 0.29) is 29.0 Å². The lowest BCUT2D eigenvalue weighted by Gasteiger charge is -2.26. The zero-order valence-electron chi connectivity index (χ0n) is 12.6. The predicted octanol–water partition coefficient (Wildman–Crippen LogP) is 3.16. The number of oxazole rings is 1. The average molecular weight is 339 g/mol. The summed E-state index contributed by atoms with van der Waals surface area (Å²) in [5.74, 6) is -0.997. The van der Waals surface area contributed by atoms with Gasteiger partial charge in [0.2, 0.25) is 5.91 Å². The molecule has 0 radical (unpaired) electrons. The van der Waals surface area contributed by atoms with Crippen LogP contribution >= 0.6 is 0 Å². The van der Waals surface area contributed by atoms with E-state index in [1.54, 1.807) is 0 Å². The van der Waals surface area contributed by atoms with E-state index in [1.807, 2.05) is 0 Å². The van der Waals surface area contributed by atoms with E-state index >= 15 is 0 Å². The number of rotatable bonds is 2. The number of benzene rings is 1. The van der Waals surface area contributed by atoms with Gasteiger partial charge in [-0.25, -0.2) is 4.98 Å². The standard InChI is InChI=1S/C16H16F3N3O2/c17-16(18,19)15-22-10-6-9(3-4-11(10)24-15)21-14(23)12-7-1-2-8(5-7)13(12)20/h3-4,6-8,12-13H,1-2,5,20H2,(H,21,23). The quantitative estimate of drug-likeness (QED) is 0.881. The Morgan fingerprint density at radius 2 is 2.04 bits per heavy atom. The fourth-order valence-corrected chi connectivity index (χ4v) is 4.08. The van der Waals surface area contributed by atoms with Crippen molar-refractivity contribution in [2.45, 2.75) is 31.5 Å². The molecule has 128 valence electrons. The van der Waals surface area contributed by atoms with Gasteiger partial charge in [-0.1, -0.05) is 0 Å². The molecule has 1 aromatic carbocycles. The lowest BCUT2D eigenvalue weighted by molar-refractivity contribution is -0.156. The Hall–Kier alpha value is -2.09. The van der Waals surface area contributed by atoms with Crippen LogP contribution in [0.15, 0.2) is 22.6 Å². The van der Waals surface area contributed by atoms with Crippen LogP contribution in [0.2, 0.25) is 0 Å². The van der Waals surface area contributed by atoms with Crippen molar-refractivity contribution in [2.75, 3.05) is 5.32 Å². The van der Waals surface area contributed by atoms with Crippen molar-refractivity contribution in [2.24, 2.45) is 23.5 Å². The number of nitrogens with one attached hydrogen (secondary N) is 1. The molecule has 8 heteroatoms. The molecule has 1 amide bonds. The second-order valence-electron chi connectivity index (χ2n) is 6.62. The van der Waals surface area contributed by atoms with E-state index in [2.05, 4.69) is 14.7 Å². The minimum atomic E-state index is -4.64. The number of carbonyl (C=O) groups is 1. The Kier molecular flexibility index (Phi) is 3.35. The van der Waals surface area contributed by atoms with Crippen LogP contribution in [-0.4, -0.2) is 16.9 Å². The predicted molar refractivity (Wildman–Crippen MR) is 79.9 cm³/mol. The number of hydrogen-bond donors (Lipinski definition) is 2. The van der Waals surface area contributed by atoms with Crippen LogP contribution in [0, 0.1) is 17.8 Å². The van der Waals surface area contributed by atoms with Gasteiger partial charge in [0.1, 0.15) is 5.52 Å². The van der Waals surface area contributed by atoms with E-state index in [9.17, 15) is 18.0 Å². The molecule has 0 spiro atoms. The minimum absolute atomic E-state index is 0.0250. The number of nitrogens with zero attached hydrogens (tertiary/aromatic N) is 1. The van der Waals surface area contributed by atoms with Gasteiger partial charge in [-0.15, -0.1) is 0 Å². The number of carbonyl (C=O) groups excluding carboxylic acids is 1. The molecule has 2 bridgehead atoms. The SMILES string of the molecule is NC1C2CCC(C2)C1C(=O)Nc1ccc2oc(C(F)(F)F)nc2c1. The van der Waals surface area contributed by atoms with Crippen LogP contribution in [0.4, 0.5) is 18.9 Å². The normalized spacial score (nSPS) is 29.3. The fourth-order valence-electron chi connectivity index (χ4n) is 4.08. The van der Waals surface area contributed by atoms with Gasteiger partial charge in [0.05, 0.1) is 5.92 Å². The molecule has 2 aliphatic carbocycles. The van der Waals surface area contributed by atoms with Crippen molar-refractivity contribution >= 4 is 22.7 Å². The highest BCUT2D eigenvalue weighted by atomic mass is 19.4. The Balaban J connectivity index is 1.55. The summed E-state index contributed by atoms with van der Waals surface area (Å²) in [5, 5.41) is 2.76. The molecule has 4 rings (SSSR count). The molecule has 2 aromatic rings. The van der Waals surface area contributed by atoms with Crippen molar-refractivity contribution in [1.29, 1.82) is 0 Å². The number of alkyl halides is 3. The van der Waals surface area contributed by atoms with Crippen molar-refractivity contribution in [3.8, 4) is 0 Å². The van der Waals surface area contributed by atoms with Crippen LogP contribution in [-0.2, 0) is 11.0 Å². The molecule has 0 saturated heterocycles. The lowest BCUT2D eigenvalue weighted by atomic mass is 9.84. The van der Waals surface area contributed by atoms with Gasteiger partial charge in [-0.05, 0) is 49.3 Å². The molecule has 4 unspecified atom stereocenters. The van der Waals surface area contributed by atoms with Crippen LogP contribution in [0.25, 0.3) is 11.1 Å².